The highest BCUT2D eigenvalue weighted by Crippen LogP contribution is 2.29. The summed E-state index contributed by atoms with van der Waals surface area (Å²) < 4.78 is 4.02. The molecule has 5 heteroatoms. The van der Waals surface area contributed by atoms with E-state index in [1.807, 2.05) is 0 Å². The molecule has 0 bridgehead atoms. The van der Waals surface area contributed by atoms with E-state index in [1.165, 1.54) is 37.2 Å². The minimum atomic E-state index is 0.404. The molecule has 1 saturated carbocycles. The lowest BCUT2D eigenvalue weighted by Gasteiger charge is -2.26. The van der Waals surface area contributed by atoms with Gasteiger partial charge in [0.1, 0.15) is 0 Å². The lowest BCUT2D eigenvalue weighted by molar-refractivity contribution is 0.618. The van der Waals surface area contributed by atoms with Gasteiger partial charge in [-0.25, -0.2) is 0 Å². The third-order valence-electron chi connectivity index (χ3n) is 2.78. The number of nitrogen functional groups attached to an aromatic ring is 1. The molecule has 2 rings (SSSR count). The van der Waals surface area contributed by atoms with Gasteiger partial charge >= 0.3 is 0 Å². The molecule has 4 nitrogen and oxygen atoms in total. The topological polar surface area (TPSA) is 55.0 Å². The number of rotatable bonds is 3. The van der Waals surface area contributed by atoms with Crippen LogP contribution in [0.25, 0.3) is 0 Å². The first-order valence-corrected chi connectivity index (χ1v) is 5.94. The maximum Gasteiger partial charge on any atom is 0.233 e. The fourth-order valence-corrected chi connectivity index (χ4v) is 2.84. The molecule has 14 heavy (non-hydrogen) atoms. The van der Waals surface area contributed by atoms with E-state index in [9.17, 15) is 0 Å². The predicted molar refractivity (Wildman–Crippen MR) is 59.6 cm³/mol. The van der Waals surface area contributed by atoms with Crippen molar-refractivity contribution in [1.29, 1.82) is 0 Å². The third-order valence-corrected chi connectivity index (χ3v) is 3.55. The van der Waals surface area contributed by atoms with Crippen LogP contribution in [0.15, 0.2) is 0 Å². The van der Waals surface area contributed by atoms with Crippen LogP contribution in [0.3, 0.4) is 0 Å². The van der Waals surface area contributed by atoms with Crippen molar-refractivity contribution in [2.45, 2.75) is 38.6 Å². The van der Waals surface area contributed by atoms with Gasteiger partial charge in [-0.3, -0.25) is 0 Å². The van der Waals surface area contributed by atoms with Gasteiger partial charge in [-0.2, -0.15) is 9.36 Å². The minimum absolute atomic E-state index is 0.404. The SMILES string of the molecule is CCN(c1nc(N)ns1)C1CCCC1. The number of hydrogen-bond donors (Lipinski definition) is 1. The summed E-state index contributed by atoms with van der Waals surface area (Å²) in [6.45, 7) is 3.16. The molecule has 1 aliphatic carbocycles. The summed E-state index contributed by atoms with van der Waals surface area (Å²) in [6.07, 6.45) is 5.26. The first kappa shape index (κ1) is 9.71. The molecule has 1 fully saturated rings. The van der Waals surface area contributed by atoms with Gasteiger partial charge in [0, 0.05) is 24.1 Å². The third kappa shape index (κ3) is 1.82. The summed E-state index contributed by atoms with van der Waals surface area (Å²) in [5, 5.41) is 0.983. The summed E-state index contributed by atoms with van der Waals surface area (Å²) in [6, 6.07) is 0.660. The van der Waals surface area contributed by atoms with Crippen LogP contribution in [0.2, 0.25) is 0 Å². The molecule has 1 aromatic heterocycles. The van der Waals surface area contributed by atoms with Crippen LogP contribution < -0.4 is 10.6 Å². The Hall–Kier alpha value is -0.840. The Labute approximate surface area is 88.3 Å². The second-order valence-corrected chi connectivity index (χ2v) is 4.39. The fraction of sp³-hybridized carbons (Fsp3) is 0.778. The molecule has 1 aliphatic rings. The van der Waals surface area contributed by atoms with Gasteiger partial charge in [0.2, 0.25) is 11.1 Å². The Morgan fingerprint density at radius 2 is 2.21 bits per heavy atom. The van der Waals surface area contributed by atoms with E-state index in [1.54, 1.807) is 0 Å². The fourth-order valence-electron chi connectivity index (χ4n) is 2.11. The first-order chi connectivity index (χ1) is 6.81. The van der Waals surface area contributed by atoms with Crippen LogP contribution in [0.5, 0.6) is 0 Å². The van der Waals surface area contributed by atoms with E-state index in [2.05, 4.69) is 21.2 Å². The van der Waals surface area contributed by atoms with Crippen molar-refractivity contribution in [2.24, 2.45) is 0 Å². The van der Waals surface area contributed by atoms with E-state index in [4.69, 9.17) is 5.73 Å². The van der Waals surface area contributed by atoms with Crippen LogP contribution in [-0.2, 0) is 0 Å². The van der Waals surface area contributed by atoms with Gasteiger partial charge in [0.25, 0.3) is 0 Å². The van der Waals surface area contributed by atoms with Gasteiger partial charge in [-0.1, -0.05) is 12.8 Å². The van der Waals surface area contributed by atoms with Gasteiger partial charge in [0.15, 0.2) is 0 Å². The average Bonchev–Trinajstić information content (AvgIpc) is 2.79. The predicted octanol–water partition coefficient (Wildman–Crippen LogP) is 1.89. The molecule has 2 N–H and O–H groups in total. The Balaban J connectivity index is 2.12. The van der Waals surface area contributed by atoms with E-state index < -0.39 is 0 Å². The maximum absolute atomic E-state index is 5.53. The van der Waals surface area contributed by atoms with E-state index in [0.29, 0.717) is 12.0 Å². The van der Waals surface area contributed by atoms with Crippen LogP contribution >= 0.6 is 11.5 Å². The molecule has 0 atom stereocenters. The van der Waals surface area contributed by atoms with E-state index in [0.717, 1.165) is 11.7 Å². The quantitative estimate of drug-likeness (QED) is 0.831. The normalized spacial score (nSPS) is 17.5. The van der Waals surface area contributed by atoms with Crippen LogP contribution in [0, 0.1) is 0 Å². The molecule has 1 aromatic rings. The number of nitrogens with zero attached hydrogens (tertiary/aromatic N) is 3. The van der Waals surface area contributed by atoms with Crippen LogP contribution in [0.4, 0.5) is 11.1 Å². The Bertz CT molecular complexity index is 293. The molecule has 1 heterocycles. The summed E-state index contributed by atoms with van der Waals surface area (Å²) in [5.74, 6) is 0.404. The van der Waals surface area contributed by atoms with Gasteiger partial charge in [0.05, 0.1) is 0 Å². The Morgan fingerprint density at radius 1 is 1.50 bits per heavy atom. The Morgan fingerprint density at radius 3 is 2.71 bits per heavy atom. The van der Waals surface area contributed by atoms with E-state index >= 15 is 0 Å². The first-order valence-electron chi connectivity index (χ1n) is 5.17. The summed E-state index contributed by atoms with van der Waals surface area (Å²) >= 11 is 1.41. The molecule has 0 radical (unpaired) electrons. The summed E-state index contributed by atoms with van der Waals surface area (Å²) in [4.78, 5) is 6.57. The molecular weight excluding hydrogens is 196 g/mol. The van der Waals surface area contributed by atoms with Crippen molar-refractivity contribution in [3.63, 3.8) is 0 Å². The molecule has 0 aliphatic heterocycles. The highest BCUT2D eigenvalue weighted by Gasteiger charge is 2.23. The summed E-state index contributed by atoms with van der Waals surface area (Å²) in [5.41, 5.74) is 5.53. The standard InChI is InChI=1S/C9H16N4S/c1-2-13(7-5-3-4-6-7)9-11-8(10)12-14-9/h7H,2-6H2,1H3,(H2,10,12). The molecule has 0 spiro atoms. The van der Waals surface area contributed by atoms with Gasteiger partial charge < -0.3 is 10.6 Å². The number of hydrogen-bond acceptors (Lipinski definition) is 5. The molecule has 0 amide bonds. The Kier molecular flexibility index (Phi) is 2.86. The molecular formula is C9H16N4S. The van der Waals surface area contributed by atoms with Crippen LogP contribution in [0.1, 0.15) is 32.6 Å². The van der Waals surface area contributed by atoms with Gasteiger partial charge in [-0.05, 0) is 19.8 Å². The minimum Gasteiger partial charge on any atom is -0.367 e. The van der Waals surface area contributed by atoms with Gasteiger partial charge in [-0.15, -0.1) is 0 Å². The zero-order chi connectivity index (χ0) is 9.97. The second-order valence-electron chi connectivity index (χ2n) is 3.66. The number of anilines is 2. The zero-order valence-corrected chi connectivity index (χ0v) is 9.26. The zero-order valence-electron chi connectivity index (χ0n) is 8.44. The summed E-state index contributed by atoms with van der Waals surface area (Å²) in [7, 11) is 0. The molecule has 0 saturated heterocycles. The smallest absolute Gasteiger partial charge is 0.233 e. The number of aromatic nitrogens is 2. The average molecular weight is 212 g/mol. The monoisotopic (exact) mass is 212 g/mol. The highest BCUT2D eigenvalue weighted by molar-refractivity contribution is 7.09. The maximum atomic E-state index is 5.53. The number of nitrogens with two attached hydrogens (primary N) is 1. The lowest BCUT2D eigenvalue weighted by Crippen LogP contribution is -2.32. The van der Waals surface area contributed by atoms with Crippen molar-refractivity contribution in [3.8, 4) is 0 Å². The molecule has 78 valence electrons. The lowest BCUT2D eigenvalue weighted by atomic mass is 10.2. The van der Waals surface area contributed by atoms with Crippen molar-refractivity contribution in [2.75, 3.05) is 17.2 Å². The highest BCUT2D eigenvalue weighted by atomic mass is 32.1. The second kappa shape index (κ2) is 4.13. The van der Waals surface area contributed by atoms with Crippen LogP contribution in [-0.4, -0.2) is 21.9 Å². The van der Waals surface area contributed by atoms with Crippen molar-refractivity contribution in [3.05, 3.63) is 0 Å². The van der Waals surface area contributed by atoms with Crippen molar-refractivity contribution in [1.82, 2.24) is 9.36 Å². The molecule has 0 aromatic carbocycles. The van der Waals surface area contributed by atoms with Crippen molar-refractivity contribution < 1.29 is 0 Å². The molecule has 0 unspecified atom stereocenters. The van der Waals surface area contributed by atoms with Crippen molar-refractivity contribution >= 4 is 22.6 Å². The van der Waals surface area contributed by atoms with E-state index in [-0.39, 0.29) is 0 Å². The largest absolute Gasteiger partial charge is 0.367 e.